The molecule has 0 aliphatic carbocycles. The molecule has 0 unspecified atom stereocenters. The zero-order chi connectivity index (χ0) is 15.5. The van der Waals surface area contributed by atoms with Gasteiger partial charge in [0.15, 0.2) is 0 Å². The van der Waals surface area contributed by atoms with Gasteiger partial charge in [-0.25, -0.2) is 4.98 Å². The fraction of sp³-hybridized carbons (Fsp3) is 0.438. The van der Waals surface area contributed by atoms with Crippen molar-refractivity contribution >= 4 is 39.0 Å². The minimum atomic E-state index is 0.139. The fourth-order valence-corrected chi connectivity index (χ4v) is 4.33. The lowest BCUT2D eigenvalue weighted by molar-refractivity contribution is 0.425. The molecule has 0 fully saturated rings. The van der Waals surface area contributed by atoms with Crippen molar-refractivity contribution in [3.8, 4) is 0 Å². The molecule has 1 heterocycles. The van der Waals surface area contributed by atoms with Gasteiger partial charge in [-0.05, 0) is 55.8 Å². The van der Waals surface area contributed by atoms with E-state index in [2.05, 4.69) is 67.1 Å². The Balaban J connectivity index is 1.97. The summed E-state index contributed by atoms with van der Waals surface area (Å²) in [4.78, 5) is 7.30. The van der Waals surface area contributed by atoms with Gasteiger partial charge in [-0.2, -0.15) is 0 Å². The molecular formula is C16H21BrN2S2. The van der Waals surface area contributed by atoms with Crippen LogP contribution in [0.2, 0.25) is 0 Å². The standard InChI is InChI=1S/C16H21BrN2S2/c1-11-14(9-18-16(2,3)4)21-15(19-11)10-20-13-8-6-5-7-12(13)17/h5-8,18H,9-10H2,1-4H3. The third kappa shape index (κ3) is 5.40. The second-order valence-electron chi connectivity index (χ2n) is 5.94. The van der Waals surface area contributed by atoms with Crippen LogP contribution in [-0.4, -0.2) is 10.5 Å². The van der Waals surface area contributed by atoms with Crippen LogP contribution in [0.25, 0.3) is 0 Å². The summed E-state index contributed by atoms with van der Waals surface area (Å²) in [7, 11) is 0. The number of hydrogen-bond donors (Lipinski definition) is 1. The van der Waals surface area contributed by atoms with Crippen molar-refractivity contribution in [2.75, 3.05) is 0 Å². The molecule has 0 radical (unpaired) electrons. The van der Waals surface area contributed by atoms with E-state index in [9.17, 15) is 0 Å². The Bertz CT molecular complexity index is 603. The first-order valence-corrected chi connectivity index (χ1v) is 9.52. The molecule has 2 rings (SSSR count). The number of thioether (sulfide) groups is 1. The maximum absolute atomic E-state index is 4.70. The topological polar surface area (TPSA) is 24.9 Å². The minimum Gasteiger partial charge on any atom is -0.307 e. The van der Waals surface area contributed by atoms with Gasteiger partial charge < -0.3 is 5.32 Å². The van der Waals surface area contributed by atoms with E-state index in [1.165, 1.54) is 14.8 Å². The summed E-state index contributed by atoms with van der Waals surface area (Å²) in [6.07, 6.45) is 0. The summed E-state index contributed by atoms with van der Waals surface area (Å²) in [5, 5.41) is 4.72. The lowest BCUT2D eigenvalue weighted by Gasteiger charge is -2.19. The molecule has 0 aliphatic heterocycles. The van der Waals surface area contributed by atoms with Gasteiger partial charge in [-0.15, -0.1) is 23.1 Å². The summed E-state index contributed by atoms with van der Waals surface area (Å²) in [5.41, 5.74) is 1.29. The Morgan fingerprint density at radius 2 is 2.00 bits per heavy atom. The van der Waals surface area contributed by atoms with Gasteiger partial charge in [0.05, 0.1) is 11.4 Å². The van der Waals surface area contributed by atoms with Crippen molar-refractivity contribution in [2.24, 2.45) is 0 Å². The second-order valence-corrected chi connectivity index (χ2v) is 8.98. The first-order chi connectivity index (χ1) is 9.85. The Kier molecular flexibility index (Phi) is 5.88. The average molecular weight is 385 g/mol. The van der Waals surface area contributed by atoms with Gasteiger partial charge in [-0.3, -0.25) is 0 Å². The van der Waals surface area contributed by atoms with Crippen molar-refractivity contribution in [1.82, 2.24) is 10.3 Å². The molecule has 0 atom stereocenters. The highest BCUT2D eigenvalue weighted by Gasteiger charge is 2.13. The van der Waals surface area contributed by atoms with Crippen LogP contribution in [0, 0.1) is 6.92 Å². The molecule has 2 aromatic rings. The molecule has 0 bridgehead atoms. The molecule has 0 aliphatic rings. The van der Waals surface area contributed by atoms with Crippen LogP contribution in [0.4, 0.5) is 0 Å². The highest BCUT2D eigenvalue weighted by atomic mass is 79.9. The number of thiazole rings is 1. The zero-order valence-electron chi connectivity index (χ0n) is 12.9. The van der Waals surface area contributed by atoms with Crippen molar-refractivity contribution in [2.45, 2.75) is 50.4 Å². The van der Waals surface area contributed by atoms with Crippen molar-refractivity contribution < 1.29 is 0 Å². The lowest BCUT2D eigenvalue weighted by atomic mass is 10.1. The number of hydrogen-bond acceptors (Lipinski definition) is 4. The van der Waals surface area contributed by atoms with E-state index in [-0.39, 0.29) is 5.54 Å². The molecule has 114 valence electrons. The molecule has 1 aromatic carbocycles. The Labute approximate surface area is 143 Å². The summed E-state index contributed by atoms with van der Waals surface area (Å²) in [5.74, 6) is 0.920. The maximum Gasteiger partial charge on any atom is 0.103 e. The summed E-state index contributed by atoms with van der Waals surface area (Å²) >= 11 is 7.23. The number of aryl methyl sites for hydroxylation is 1. The molecule has 21 heavy (non-hydrogen) atoms. The summed E-state index contributed by atoms with van der Waals surface area (Å²) in [6.45, 7) is 9.56. The minimum absolute atomic E-state index is 0.139. The highest BCUT2D eigenvalue weighted by Crippen LogP contribution is 2.31. The van der Waals surface area contributed by atoms with Crippen molar-refractivity contribution in [3.05, 3.63) is 44.3 Å². The van der Waals surface area contributed by atoms with E-state index >= 15 is 0 Å². The molecule has 1 N–H and O–H groups in total. The summed E-state index contributed by atoms with van der Waals surface area (Å²) in [6, 6.07) is 8.32. The number of nitrogens with zero attached hydrogens (tertiary/aromatic N) is 1. The second kappa shape index (κ2) is 7.27. The SMILES string of the molecule is Cc1nc(CSc2ccccc2Br)sc1CNC(C)(C)C. The number of rotatable bonds is 5. The van der Waals surface area contributed by atoms with Gasteiger partial charge in [0, 0.05) is 26.3 Å². The Morgan fingerprint density at radius 1 is 1.29 bits per heavy atom. The predicted molar refractivity (Wildman–Crippen MR) is 97.1 cm³/mol. The Hall–Kier alpha value is -0.360. The number of benzene rings is 1. The monoisotopic (exact) mass is 384 g/mol. The lowest BCUT2D eigenvalue weighted by Crippen LogP contribution is -2.34. The quantitative estimate of drug-likeness (QED) is 0.698. The van der Waals surface area contributed by atoms with Gasteiger partial charge in [0.1, 0.15) is 5.01 Å². The van der Waals surface area contributed by atoms with Crippen LogP contribution in [-0.2, 0) is 12.3 Å². The molecule has 0 saturated heterocycles. The molecule has 0 spiro atoms. The zero-order valence-corrected chi connectivity index (χ0v) is 16.1. The third-order valence-corrected chi connectivity index (χ3v) is 6.28. The number of aromatic nitrogens is 1. The number of halogens is 1. The average Bonchev–Trinajstić information content (AvgIpc) is 2.75. The first-order valence-electron chi connectivity index (χ1n) is 6.93. The number of nitrogens with one attached hydrogen (secondary N) is 1. The summed E-state index contributed by atoms with van der Waals surface area (Å²) < 4.78 is 1.15. The van der Waals surface area contributed by atoms with E-state index in [4.69, 9.17) is 4.98 Å². The van der Waals surface area contributed by atoms with Crippen LogP contribution in [0.5, 0.6) is 0 Å². The molecule has 2 nitrogen and oxygen atoms in total. The maximum atomic E-state index is 4.70. The third-order valence-electron chi connectivity index (χ3n) is 2.90. The van der Waals surface area contributed by atoms with E-state index in [0.717, 1.165) is 22.5 Å². The van der Waals surface area contributed by atoms with Gasteiger partial charge in [-0.1, -0.05) is 12.1 Å². The van der Waals surface area contributed by atoms with Crippen LogP contribution in [0.15, 0.2) is 33.6 Å². The van der Waals surface area contributed by atoms with Crippen molar-refractivity contribution in [1.29, 1.82) is 0 Å². The highest BCUT2D eigenvalue weighted by molar-refractivity contribution is 9.10. The predicted octanol–water partition coefficient (Wildman–Crippen LogP) is 5.39. The van der Waals surface area contributed by atoms with Crippen LogP contribution in [0.1, 0.15) is 36.3 Å². The van der Waals surface area contributed by atoms with Crippen molar-refractivity contribution in [3.63, 3.8) is 0 Å². The van der Waals surface area contributed by atoms with E-state index < -0.39 is 0 Å². The van der Waals surface area contributed by atoms with Crippen LogP contribution < -0.4 is 5.32 Å². The Morgan fingerprint density at radius 3 is 2.67 bits per heavy atom. The van der Waals surface area contributed by atoms with Crippen LogP contribution in [0.3, 0.4) is 0 Å². The smallest absolute Gasteiger partial charge is 0.103 e. The van der Waals surface area contributed by atoms with Gasteiger partial charge in [0.2, 0.25) is 0 Å². The van der Waals surface area contributed by atoms with Gasteiger partial charge >= 0.3 is 0 Å². The molecule has 0 amide bonds. The largest absolute Gasteiger partial charge is 0.307 e. The fourth-order valence-electron chi connectivity index (χ4n) is 1.76. The molecule has 0 saturated carbocycles. The van der Waals surface area contributed by atoms with E-state index in [0.29, 0.717) is 0 Å². The molecular weight excluding hydrogens is 364 g/mol. The first kappa shape index (κ1) is 17.0. The van der Waals surface area contributed by atoms with E-state index in [1.807, 2.05) is 29.2 Å². The normalized spacial score (nSPS) is 11.9. The van der Waals surface area contributed by atoms with E-state index in [1.54, 1.807) is 0 Å². The molecule has 1 aromatic heterocycles. The molecule has 5 heteroatoms. The van der Waals surface area contributed by atoms with Gasteiger partial charge in [0.25, 0.3) is 0 Å². The van der Waals surface area contributed by atoms with Crippen LogP contribution >= 0.6 is 39.0 Å².